The standard InChI is InChI=1S/C30H29ClN4O4S2/c31-22-10-12-26-21(15-22)17-28(40-26)41(39)33-24-7-3-13-34(30(24)38)18-27(36)35-14-4-8-25(35)29(37)32-23-11-9-19-5-1-2-6-20(19)16-23/h1-2,5-6,9-12,15-17,24-25,33H,3-4,7-8,13-14,18H2,(H,32,37)/t24-,25-,41?/m0/s1. The third-order valence-corrected chi connectivity index (χ3v) is 10.5. The Balaban J connectivity index is 1.07. The Morgan fingerprint density at radius 1 is 0.951 bits per heavy atom. The van der Waals surface area contributed by atoms with Gasteiger partial charge < -0.3 is 15.1 Å². The van der Waals surface area contributed by atoms with E-state index in [4.69, 9.17) is 11.6 Å². The first-order valence-corrected chi connectivity index (χ1v) is 15.9. The van der Waals surface area contributed by atoms with Crippen LogP contribution in [-0.4, -0.2) is 63.4 Å². The highest BCUT2D eigenvalue weighted by Gasteiger charge is 2.37. The number of hydrogen-bond donors (Lipinski definition) is 2. The summed E-state index contributed by atoms with van der Waals surface area (Å²) in [6.07, 6.45) is 2.51. The molecule has 1 aromatic heterocycles. The molecule has 41 heavy (non-hydrogen) atoms. The van der Waals surface area contributed by atoms with Gasteiger partial charge in [0.2, 0.25) is 17.7 Å². The molecular formula is C30H29ClN4O4S2. The molecule has 0 radical (unpaired) electrons. The monoisotopic (exact) mass is 608 g/mol. The number of fused-ring (bicyclic) bond motifs is 2. The molecule has 2 aliphatic heterocycles. The Morgan fingerprint density at radius 2 is 1.76 bits per heavy atom. The molecule has 0 saturated carbocycles. The van der Waals surface area contributed by atoms with Gasteiger partial charge in [-0.3, -0.25) is 14.4 Å². The van der Waals surface area contributed by atoms with Crippen molar-refractivity contribution in [3.8, 4) is 0 Å². The molecule has 0 aliphatic carbocycles. The van der Waals surface area contributed by atoms with Crippen molar-refractivity contribution in [1.82, 2.24) is 14.5 Å². The summed E-state index contributed by atoms with van der Waals surface area (Å²) in [6, 6.07) is 19.7. The predicted octanol–water partition coefficient (Wildman–Crippen LogP) is 4.94. The molecule has 8 nitrogen and oxygen atoms in total. The van der Waals surface area contributed by atoms with E-state index in [-0.39, 0.29) is 24.3 Å². The van der Waals surface area contributed by atoms with Crippen LogP contribution in [0.1, 0.15) is 25.7 Å². The van der Waals surface area contributed by atoms with E-state index in [0.29, 0.717) is 47.3 Å². The van der Waals surface area contributed by atoms with Crippen molar-refractivity contribution in [2.75, 3.05) is 25.0 Å². The van der Waals surface area contributed by atoms with E-state index >= 15 is 0 Å². The van der Waals surface area contributed by atoms with Crippen molar-refractivity contribution in [3.05, 3.63) is 71.8 Å². The highest BCUT2D eigenvalue weighted by molar-refractivity contribution is 7.85. The van der Waals surface area contributed by atoms with Crippen LogP contribution < -0.4 is 10.0 Å². The highest BCUT2D eigenvalue weighted by atomic mass is 35.5. The highest BCUT2D eigenvalue weighted by Crippen LogP contribution is 2.30. The van der Waals surface area contributed by atoms with Crippen LogP contribution >= 0.6 is 22.9 Å². The summed E-state index contributed by atoms with van der Waals surface area (Å²) in [4.78, 5) is 42.9. The fraction of sp³-hybridized carbons (Fsp3) is 0.300. The lowest BCUT2D eigenvalue weighted by atomic mass is 10.1. The molecule has 1 unspecified atom stereocenters. The number of anilines is 1. The Bertz CT molecular complexity index is 1670. The fourth-order valence-corrected chi connectivity index (χ4v) is 8.06. The van der Waals surface area contributed by atoms with E-state index in [1.54, 1.807) is 11.0 Å². The lowest BCUT2D eigenvalue weighted by Crippen LogP contribution is -2.54. The molecule has 6 rings (SSSR count). The average molecular weight is 609 g/mol. The number of halogens is 1. The van der Waals surface area contributed by atoms with Crippen LogP contribution in [0.4, 0.5) is 5.69 Å². The number of likely N-dealkylation sites (tertiary alicyclic amines) is 2. The molecule has 2 saturated heterocycles. The smallest absolute Gasteiger partial charge is 0.247 e. The molecule has 3 aromatic carbocycles. The van der Waals surface area contributed by atoms with Crippen LogP contribution in [0.5, 0.6) is 0 Å². The number of thiophene rings is 1. The molecule has 0 spiro atoms. The van der Waals surface area contributed by atoms with Crippen molar-refractivity contribution in [3.63, 3.8) is 0 Å². The predicted molar refractivity (Wildman–Crippen MR) is 163 cm³/mol. The normalized spacial score (nSPS) is 20.1. The summed E-state index contributed by atoms with van der Waals surface area (Å²) in [7, 11) is -1.58. The summed E-state index contributed by atoms with van der Waals surface area (Å²) in [5.74, 6) is -0.730. The number of carbonyl (C=O) groups is 3. The number of rotatable bonds is 7. The van der Waals surface area contributed by atoms with Crippen LogP contribution in [-0.2, 0) is 25.4 Å². The minimum Gasteiger partial charge on any atom is -0.332 e. The number of benzene rings is 3. The van der Waals surface area contributed by atoms with Crippen LogP contribution in [0.2, 0.25) is 5.02 Å². The molecule has 0 bridgehead atoms. The van der Waals surface area contributed by atoms with Crippen molar-refractivity contribution in [2.45, 2.75) is 42.0 Å². The number of hydrogen-bond acceptors (Lipinski definition) is 5. The molecule has 212 valence electrons. The van der Waals surface area contributed by atoms with E-state index in [1.165, 1.54) is 16.2 Å². The van der Waals surface area contributed by atoms with E-state index < -0.39 is 23.1 Å². The third-order valence-electron chi connectivity index (χ3n) is 7.64. The van der Waals surface area contributed by atoms with Crippen molar-refractivity contribution >= 4 is 78.2 Å². The largest absolute Gasteiger partial charge is 0.332 e. The van der Waals surface area contributed by atoms with Crippen molar-refractivity contribution in [2.24, 2.45) is 0 Å². The van der Waals surface area contributed by atoms with Gasteiger partial charge in [-0.25, -0.2) is 8.93 Å². The summed E-state index contributed by atoms with van der Waals surface area (Å²) < 4.78 is 17.6. The summed E-state index contributed by atoms with van der Waals surface area (Å²) in [5, 5.41) is 6.58. The van der Waals surface area contributed by atoms with Gasteiger partial charge in [0, 0.05) is 28.5 Å². The lowest BCUT2D eigenvalue weighted by molar-refractivity contribution is -0.144. The molecule has 3 atom stereocenters. The van der Waals surface area contributed by atoms with Gasteiger partial charge in [-0.1, -0.05) is 41.9 Å². The van der Waals surface area contributed by atoms with E-state index in [2.05, 4.69) is 10.0 Å². The summed E-state index contributed by atoms with van der Waals surface area (Å²) in [6.45, 7) is 0.807. The number of carbonyl (C=O) groups excluding carboxylic acids is 3. The first-order chi connectivity index (χ1) is 19.9. The first-order valence-electron chi connectivity index (χ1n) is 13.6. The van der Waals surface area contributed by atoms with Gasteiger partial charge in [-0.15, -0.1) is 11.3 Å². The zero-order valence-corrected chi connectivity index (χ0v) is 24.6. The first kappa shape index (κ1) is 27.8. The molecule has 11 heteroatoms. The molecular weight excluding hydrogens is 580 g/mol. The number of amides is 3. The number of nitrogens with one attached hydrogen (secondary N) is 2. The van der Waals surface area contributed by atoms with Crippen molar-refractivity contribution < 1.29 is 18.6 Å². The van der Waals surface area contributed by atoms with E-state index in [0.717, 1.165) is 27.3 Å². The van der Waals surface area contributed by atoms with E-state index in [9.17, 15) is 18.6 Å². The van der Waals surface area contributed by atoms with Gasteiger partial charge >= 0.3 is 0 Å². The third kappa shape index (κ3) is 6.01. The summed E-state index contributed by atoms with van der Waals surface area (Å²) in [5.41, 5.74) is 0.683. The molecule has 2 fully saturated rings. The maximum atomic E-state index is 13.3. The molecule has 3 heterocycles. The second-order valence-electron chi connectivity index (χ2n) is 10.4. The zero-order valence-electron chi connectivity index (χ0n) is 22.2. The maximum Gasteiger partial charge on any atom is 0.247 e. The molecule has 2 aliphatic rings. The van der Waals surface area contributed by atoms with Crippen LogP contribution in [0.25, 0.3) is 20.9 Å². The van der Waals surface area contributed by atoms with Crippen LogP contribution in [0.3, 0.4) is 0 Å². The van der Waals surface area contributed by atoms with Gasteiger partial charge in [-0.05, 0) is 78.2 Å². The molecule has 3 amide bonds. The molecule has 2 N–H and O–H groups in total. The second kappa shape index (κ2) is 11.9. The Kier molecular flexibility index (Phi) is 8.07. The van der Waals surface area contributed by atoms with Gasteiger partial charge in [0.15, 0.2) is 0 Å². The van der Waals surface area contributed by atoms with Crippen molar-refractivity contribution in [1.29, 1.82) is 0 Å². The van der Waals surface area contributed by atoms with Gasteiger partial charge in [0.05, 0.1) is 12.6 Å². The number of nitrogens with zero attached hydrogens (tertiary/aromatic N) is 2. The van der Waals surface area contributed by atoms with E-state index in [1.807, 2.05) is 60.7 Å². The minimum atomic E-state index is -1.58. The average Bonchev–Trinajstić information content (AvgIpc) is 3.63. The topological polar surface area (TPSA) is 98.8 Å². The Hall–Kier alpha value is -3.31. The Labute approximate surface area is 249 Å². The van der Waals surface area contributed by atoms with Crippen LogP contribution in [0, 0.1) is 0 Å². The lowest BCUT2D eigenvalue weighted by Gasteiger charge is -2.33. The summed E-state index contributed by atoms with van der Waals surface area (Å²) >= 11 is 7.47. The van der Waals surface area contributed by atoms with Gasteiger partial charge in [0.25, 0.3) is 0 Å². The second-order valence-corrected chi connectivity index (χ2v) is 13.4. The Morgan fingerprint density at radius 3 is 2.61 bits per heavy atom. The minimum absolute atomic E-state index is 0.106. The molecule has 4 aromatic rings. The van der Waals surface area contributed by atoms with Gasteiger partial charge in [-0.2, -0.15) is 0 Å². The van der Waals surface area contributed by atoms with Gasteiger partial charge in [0.1, 0.15) is 21.2 Å². The fourth-order valence-electron chi connectivity index (χ4n) is 5.56. The van der Waals surface area contributed by atoms with Crippen LogP contribution in [0.15, 0.2) is 70.9 Å². The maximum absolute atomic E-state index is 13.3. The SMILES string of the molecule is O=C(Nc1ccc2ccccc2c1)[C@@H]1CCCN1C(=O)CN1CCC[C@H](NS(=O)c2cc3cc(Cl)ccc3s2)C1=O. The quantitative estimate of drug-likeness (QED) is 0.310. The zero-order chi connectivity index (χ0) is 28.5. The number of piperidine rings is 1.